The van der Waals surface area contributed by atoms with Crippen molar-refractivity contribution in [3.05, 3.63) is 62.8 Å². The van der Waals surface area contributed by atoms with E-state index in [0.717, 1.165) is 22.4 Å². The molecule has 1 heterocycles. The normalized spacial score (nSPS) is 12.4. The maximum Gasteiger partial charge on any atom is 0.348 e. The summed E-state index contributed by atoms with van der Waals surface area (Å²) in [5.41, 5.74) is 4.23. The lowest BCUT2D eigenvalue weighted by molar-refractivity contribution is 0.153. The largest absolute Gasteiger partial charge is 0.387 e. The first-order valence-electron chi connectivity index (χ1n) is 6.68. The van der Waals surface area contributed by atoms with Gasteiger partial charge in [-0.25, -0.2) is 4.79 Å². The van der Waals surface area contributed by atoms with Crippen molar-refractivity contribution in [3.8, 4) is 0 Å². The van der Waals surface area contributed by atoms with Crippen molar-refractivity contribution in [2.24, 2.45) is 0 Å². The van der Waals surface area contributed by atoms with Gasteiger partial charge in [0.05, 0.1) is 12.6 Å². The SMILES string of the molecule is Cc1cc(C)cc(C(O)Cn2c(C)cc(C)nc2=O)c1. The quantitative estimate of drug-likeness (QED) is 0.932. The molecule has 0 spiro atoms. The highest BCUT2D eigenvalue weighted by atomic mass is 16.3. The van der Waals surface area contributed by atoms with Gasteiger partial charge in [0.2, 0.25) is 0 Å². The average molecular weight is 272 g/mol. The Balaban J connectivity index is 2.32. The first-order chi connectivity index (χ1) is 9.36. The van der Waals surface area contributed by atoms with Crippen LogP contribution >= 0.6 is 0 Å². The summed E-state index contributed by atoms with van der Waals surface area (Å²) in [6.07, 6.45) is -0.713. The van der Waals surface area contributed by atoms with Gasteiger partial charge < -0.3 is 5.11 Å². The predicted molar refractivity (Wildman–Crippen MR) is 78.8 cm³/mol. The highest BCUT2D eigenvalue weighted by Crippen LogP contribution is 2.18. The van der Waals surface area contributed by atoms with Crippen LogP contribution in [0, 0.1) is 27.7 Å². The standard InChI is InChI=1S/C16H20N2O2/c1-10-5-11(2)7-14(6-10)15(19)9-18-13(4)8-12(3)17-16(18)20/h5-8,15,19H,9H2,1-4H3. The number of aliphatic hydroxyl groups is 1. The van der Waals surface area contributed by atoms with Crippen LogP contribution in [0.2, 0.25) is 0 Å². The smallest absolute Gasteiger partial charge is 0.348 e. The molecule has 0 amide bonds. The summed E-state index contributed by atoms with van der Waals surface area (Å²) in [6, 6.07) is 7.79. The molecule has 1 unspecified atom stereocenters. The maximum atomic E-state index is 11.9. The third-order valence-corrected chi connectivity index (χ3v) is 3.33. The molecule has 106 valence electrons. The predicted octanol–water partition coefficient (Wildman–Crippen LogP) is 2.21. The number of aromatic nitrogens is 2. The number of aliphatic hydroxyl groups excluding tert-OH is 1. The van der Waals surface area contributed by atoms with Gasteiger partial charge in [-0.15, -0.1) is 0 Å². The minimum atomic E-state index is -0.713. The summed E-state index contributed by atoms with van der Waals surface area (Å²) in [5, 5.41) is 10.4. The van der Waals surface area contributed by atoms with E-state index in [1.165, 1.54) is 4.57 Å². The average Bonchev–Trinajstić information content (AvgIpc) is 2.32. The Bertz CT molecular complexity index is 669. The molecule has 4 heteroatoms. The first-order valence-corrected chi connectivity index (χ1v) is 6.68. The van der Waals surface area contributed by atoms with Crippen LogP contribution in [-0.2, 0) is 6.54 Å². The Hall–Kier alpha value is -1.94. The second-order valence-electron chi connectivity index (χ2n) is 5.37. The molecule has 4 nitrogen and oxygen atoms in total. The van der Waals surface area contributed by atoms with Gasteiger partial charge in [0.1, 0.15) is 0 Å². The van der Waals surface area contributed by atoms with Crippen molar-refractivity contribution in [2.45, 2.75) is 40.3 Å². The summed E-state index contributed by atoms with van der Waals surface area (Å²) in [7, 11) is 0. The van der Waals surface area contributed by atoms with Crippen LogP contribution in [0.3, 0.4) is 0 Å². The van der Waals surface area contributed by atoms with Gasteiger partial charge in [0.25, 0.3) is 0 Å². The van der Waals surface area contributed by atoms with Crippen LogP contribution < -0.4 is 5.69 Å². The number of hydrogen-bond donors (Lipinski definition) is 1. The molecule has 2 aromatic rings. The second-order valence-corrected chi connectivity index (χ2v) is 5.37. The fourth-order valence-corrected chi connectivity index (χ4v) is 2.48. The third kappa shape index (κ3) is 3.14. The Kier molecular flexibility index (Phi) is 4.04. The van der Waals surface area contributed by atoms with E-state index in [-0.39, 0.29) is 12.2 Å². The van der Waals surface area contributed by atoms with Crippen molar-refractivity contribution in [3.63, 3.8) is 0 Å². The molecule has 0 saturated heterocycles. The van der Waals surface area contributed by atoms with E-state index >= 15 is 0 Å². The number of rotatable bonds is 3. The van der Waals surface area contributed by atoms with Gasteiger partial charge in [-0.3, -0.25) is 4.57 Å². The van der Waals surface area contributed by atoms with E-state index in [9.17, 15) is 9.90 Å². The van der Waals surface area contributed by atoms with Gasteiger partial charge in [-0.2, -0.15) is 4.98 Å². The minimum Gasteiger partial charge on any atom is -0.387 e. The van der Waals surface area contributed by atoms with Crippen molar-refractivity contribution in [2.75, 3.05) is 0 Å². The lowest BCUT2D eigenvalue weighted by Gasteiger charge is -2.16. The lowest BCUT2D eigenvalue weighted by Crippen LogP contribution is -2.28. The molecule has 0 aliphatic carbocycles. The molecular formula is C16H20N2O2. The van der Waals surface area contributed by atoms with Crippen LogP contribution in [0.25, 0.3) is 0 Å². The molecule has 1 aromatic heterocycles. The van der Waals surface area contributed by atoms with E-state index in [0.29, 0.717) is 5.69 Å². The molecule has 1 atom stereocenters. The van der Waals surface area contributed by atoms with Gasteiger partial charge in [0.15, 0.2) is 0 Å². The summed E-state index contributed by atoms with van der Waals surface area (Å²) < 4.78 is 1.51. The minimum absolute atomic E-state index is 0.223. The Morgan fingerprint density at radius 3 is 2.25 bits per heavy atom. The van der Waals surface area contributed by atoms with Gasteiger partial charge in [-0.05, 0) is 39.3 Å². The summed E-state index contributed by atoms with van der Waals surface area (Å²) in [5.74, 6) is 0. The molecule has 2 rings (SSSR count). The molecule has 20 heavy (non-hydrogen) atoms. The molecule has 1 N–H and O–H groups in total. The number of benzene rings is 1. The zero-order valence-electron chi connectivity index (χ0n) is 12.3. The Labute approximate surface area is 118 Å². The van der Waals surface area contributed by atoms with Crippen LogP contribution in [0.5, 0.6) is 0 Å². The highest BCUT2D eigenvalue weighted by molar-refractivity contribution is 5.30. The molecule has 1 aromatic carbocycles. The van der Waals surface area contributed by atoms with Crippen molar-refractivity contribution in [1.29, 1.82) is 0 Å². The molecule has 0 saturated carbocycles. The van der Waals surface area contributed by atoms with Gasteiger partial charge in [0, 0.05) is 11.4 Å². The number of aryl methyl sites for hydroxylation is 4. The monoisotopic (exact) mass is 272 g/mol. The second kappa shape index (κ2) is 5.59. The molecule has 0 fully saturated rings. The fourth-order valence-electron chi connectivity index (χ4n) is 2.48. The highest BCUT2D eigenvalue weighted by Gasteiger charge is 2.12. The van der Waals surface area contributed by atoms with Crippen LogP contribution in [0.15, 0.2) is 29.1 Å². The summed E-state index contributed by atoms with van der Waals surface area (Å²) in [6.45, 7) is 7.85. The van der Waals surface area contributed by atoms with Gasteiger partial charge in [-0.1, -0.05) is 29.3 Å². The molecule has 0 bridgehead atoms. The zero-order chi connectivity index (χ0) is 14.9. The summed E-state index contributed by atoms with van der Waals surface area (Å²) >= 11 is 0. The lowest BCUT2D eigenvalue weighted by atomic mass is 10.0. The molecular weight excluding hydrogens is 252 g/mol. The molecule has 0 aliphatic heterocycles. The van der Waals surface area contributed by atoms with Gasteiger partial charge >= 0.3 is 5.69 Å². The number of hydrogen-bond acceptors (Lipinski definition) is 3. The molecule has 0 radical (unpaired) electrons. The maximum absolute atomic E-state index is 11.9. The Morgan fingerprint density at radius 1 is 1.10 bits per heavy atom. The van der Waals surface area contributed by atoms with Crippen molar-refractivity contribution in [1.82, 2.24) is 9.55 Å². The topological polar surface area (TPSA) is 55.1 Å². The fraction of sp³-hybridized carbons (Fsp3) is 0.375. The van der Waals surface area contributed by atoms with Crippen LogP contribution in [0.1, 0.15) is 34.2 Å². The van der Waals surface area contributed by atoms with E-state index in [2.05, 4.69) is 11.1 Å². The van der Waals surface area contributed by atoms with Crippen LogP contribution in [0.4, 0.5) is 0 Å². The zero-order valence-corrected chi connectivity index (χ0v) is 12.3. The first kappa shape index (κ1) is 14.5. The van der Waals surface area contributed by atoms with Crippen molar-refractivity contribution < 1.29 is 5.11 Å². The van der Waals surface area contributed by atoms with Crippen LogP contribution in [-0.4, -0.2) is 14.7 Å². The van der Waals surface area contributed by atoms with E-state index < -0.39 is 6.10 Å². The molecule has 0 aliphatic rings. The third-order valence-electron chi connectivity index (χ3n) is 3.33. The summed E-state index contributed by atoms with van der Waals surface area (Å²) in [4.78, 5) is 15.8. The van der Waals surface area contributed by atoms with Crippen molar-refractivity contribution >= 4 is 0 Å². The van der Waals surface area contributed by atoms with E-state index in [1.54, 1.807) is 6.92 Å². The van der Waals surface area contributed by atoms with E-state index in [1.807, 2.05) is 39.0 Å². The van der Waals surface area contributed by atoms with E-state index in [4.69, 9.17) is 0 Å². The number of nitrogens with zero attached hydrogens (tertiary/aromatic N) is 2. The Morgan fingerprint density at radius 2 is 1.70 bits per heavy atom.